The molecule has 0 aliphatic heterocycles. The maximum absolute atomic E-state index is 4.37. The van der Waals surface area contributed by atoms with Crippen LogP contribution in [0.4, 0.5) is 0 Å². The van der Waals surface area contributed by atoms with Gasteiger partial charge in [0.1, 0.15) is 11.0 Å². The van der Waals surface area contributed by atoms with Gasteiger partial charge in [-0.05, 0) is 33.6 Å². The highest BCUT2D eigenvalue weighted by Crippen LogP contribution is 2.41. The standard InChI is InChI=1S/C20H25N3/c1-19(2,3)15-11-7-9-13(17(15)20(4,5)6)14-10-8-12-16-18(14)22-23-21-16/h7-12H,1-6H3,(H,21,22,23). The van der Waals surface area contributed by atoms with Crippen molar-refractivity contribution in [3.8, 4) is 11.1 Å². The number of benzene rings is 2. The van der Waals surface area contributed by atoms with Crippen molar-refractivity contribution in [1.29, 1.82) is 0 Å². The number of para-hydroxylation sites is 1. The third-order valence-corrected chi connectivity index (χ3v) is 4.26. The summed E-state index contributed by atoms with van der Waals surface area (Å²) in [6.07, 6.45) is 0. The van der Waals surface area contributed by atoms with Crippen LogP contribution in [0.5, 0.6) is 0 Å². The third-order valence-electron chi connectivity index (χ3n) is 4.26. The zero-order valence-corrected chi connectivity index (χ0v) is 14.9. The molecule has 0 fully saturated rings. The summed E-state index contributed by atoms with van der Waals surface area (Å²) >= 11 is 0. The summed E-state index contributed by atoms with van der Waals surface area (Å²) in [5, 5.41) is 11.4. The molecule has 0 unspecified atom stereocenters. The van der Waals surface area contributed by atoms with Crippen molar-refractivity contribution in [3.05, 3.63) is 47.5 Å². The van der Waals surface area contributed by atoms with E-state index < -0.39 is 0 Å². The normalized spacial score (nSPS) is 12.8. The Hall–Kier alpha value is -2.16. The molecule has 2 aromatic carbocycles. The Morgan fingerprint density at radius 1 is 0.739 bits per heavy atom. The Kier molecular flexibility index (Phi) is 3.55. The number of H-pyrrole nitrogens is 1. The lowest BCUT2D eigenvalue weighted by atomic mass is 9.72. The van der Waals surface area contributed by atoms with Crippen molar-refractivity contribution in [2.45, 2.75) is 52.4 Å². The van der Waals surface area contributed by atoms with Crippen LogP contribution in [0.15, 0.2) is 36.4 Å². The van der Waals surface area contributed by atoms with E-state index in [2.05, 4.69) is 87.3 Å². The average molecular weight is 307 g/mol. The monoisotopic (exact) mass is 307 g/mol. The first-order valence-corrected chi connectivity index (χ1v) is 8.13. The lowest BCUT2D eigenvalue weighted by molar-refractivity contribution is 0.531. The SMILES string of the molecule is CC(C)(C)c1cccc(-c2cccc3n[nH]nc23)c1C(C)(C)C. The van der Waals surface area contributed by atoms with Gasteiger partial charge < -0.3 is 0 Å². The predicted octanol–water partition coefficient (Wildman–Crippen LogP) is 5.22. The van der Waals surface area contributed by atoms with Gasteiger partial charge >= 0.3 is 0 Å². The van der Waals surface area contributed by atoms with E-state index in [1.807, 2.05) is 6.07 Å². The Balaban J connectivity index is 2.39. The first-order chi connectivity index (χ1) is 10.7. The smallest absolute Gasteiger partial charge is 0.120 e. The fourth-order valence-electron chi connectivity index (χ4n) is 3.30. The summed E-state index contributed by atoms with van der Waals surface area (Å²) in [6.45, 7) is 13.7. The number of hydrogen-bond donors (Lipinski definition) is 1. The lowest BCUT2D eigenvalue weighted by Gasteiger charge is -2.32. The van der Waals surface area contributed by atoms with Crippen LogP contribution in [-0.2, 0) is 10.8 Å². The fourth-order valence-corrected chi connectivity index (χ4v) is 3.30. The van der Waals surface area contributed by atoms with Gasteiger partial charge in [-0.15, -0.1) is 0 Å². The van der Waals surface area contributed by atoms with Crippen LogP contribution in [0, 0.1) is 0 Å². The Labute approximate surface area is 138 Å². The van der Waals surface area contributed by atoms with Crippen LogP contribution in [0.3, 0.4) is 0 Å². The number of nitrogens with zero attached hydrogens (tertiary/aromatic N) is 2. The van der Waals surface area contributed by atoms with E-state index in [0.717, 1.165) is 16.6 Å². The summed E-state index contributed by atoms with van der Waals surface area (Å²) in [5.41, 5.74) is 7.16. The maximum atomic E-state index is 4.37. The molecule has 23 heavy (non-hydrogen) atoms. The molecule has 0 saturated heterocycles. The van der Waals surface area contributed by atoms with Crippen molar-refractivity contribution in [2.24, 2.45) is 0 Å². The molecule has 0 atom stereocenters. The molecule has 3 heteroatoms. The van der Waals surface area contributed by atoms with Crippen LogP contribution in [-0.4, -0.2) is 15.4 Å². The minimum atomic E-state index is 0.0467. The van der Waals surface area contributed by atoms with Crippen molar-refractivity contribution >= 4 is 11.0 Å². The zero-order valence-electron chi connectivity index (χ0n) is 14.9. The molecule has 0 aliphatic rings. The van der Waals surface area contributed by atoms with E-state index >= 15 is 0 Å². The van der Waals surface area contributed by atoms with Crippen LogP contribution in [0.25, 0.3) is 22.2 Å². The summed E-state index contributed by atoms with van der Waals surface area (Å²) < 4.78 is 0. The Morgan fingerprint density at radius 3 is 2.04 bits per heavy atom. The van der Waals surface area contributed by atoms with E-state index in [4.69, 9.17) is 0 Å². The predicted molar refractivity (Wildman–Crippen MR) is 96.7 cm³/mol. The molecule has 0 saturated carbocycles. The molecule has 1 heterocycles. The summed E-state index contributed by atoms with van der Waals surface area (Å²) in [7, 11) is 0. The molecular weight excluding hydrogens is 282 g/mol. The molecule has 1 N–H and O–H groups in total. The largest absolute Gasteiger partial charge is 0.197 e. The van der Waals surface area contributed by atoms with Gasteiger partial charge in [0, 0.05) is 5.56 Å². The van der Waals surface area contributed by atoms with Gasteiger partial charge in [0.2, 0.25) is 0 Å². The second kappa shape index (κ2) is 5.19. The number of aromatic nitrogens is 3. The molecule has 0 aliphatic carbocycles. The zero-order chi connectivity index (χ0) is 16.8. The van der Waals surface area contributed by atoms with Gasteiger partial charge in [-0.2, -0.15) is 15.4 Å². The van der Waals surface area contributed by atoms with Gasteiger partial charge in [-0.3, -0.25) is 0 Å². The van der Waals surface area contributed by atoms with E-state index in [1.165, 1.54) is 16.7 Å². The minimum Gasteiger partial charge on any atom is -0.197 e. The van der Waals surface area contributed by atoms with Gasteiger partial charge in [0.15, 0.2) is 0 Å². The third kappa shape index (κ3) is 2.76. The molecule has 3 rings (SSSR count). The van der Waals surface area contributed by atoms with Crippen LogP contribution in [0.2, 0.25) is 0 Å². The molecular formula is C20H25N3. The van der Waals surface area contributed by atoms with Crippen LogP contribution in [0.1, 0.15) is 52.7 Å². The maximum Gasteiger partial charge on any atom is 0.120 e. The van der Waals surface area contributed by atoms with Crippen LogP contribution < -0.4 is 0 Å². The molecule has 0 amide bonds. The minimum absolute atomic E-state index is 0.0467. The van der Waals surface area contributed by atoms with E-state index in [9.17, 15) is 0 Å². The molecule has 120 valence electrons. The number of nitrogens with one attached hydrogen (secondary N) is 1. The first kappa shape index (κ1) is 15.7. The molecule has 0 radical (unpaired) electrons. The van der Waals surface area contributed by atoms with Crippen molar-refractivity contribution in [1.82, 2.24) is 15.4 Å². The number of hydrogen-bond acceptors (Lipinski definition) is 2. The molecule has 3 aromatic rings. The molecule has 1 aromatic heterocycles. The van der Waals surface area contributed by atoms with Crippen molar-refractivity contribution in [2.75, 3.05) is 0 Å². The summed E-state index contributed by atoms with van der Waals surface area (Å²) in [6, 6.07) is 12.8. The summed E-state index contributed by atoms with van der Waals surface area (Å²) in [5.74, 6) is 0. The average Bonchev–Trinajstić information content (AvgIpc) is 2.93. The van der Waals surface area contributed by atoms with Crippen molar-refractivity contribution in [3.63, 3.8) is 0 Å². The highest BCUT2D eigenvalue weighted by Gasteiger charge is 2.28. The van der Waals surface area contributed by atoms with Gasteiger partial charge in [0.25, 0.3) is 0 Å². The Bertz CT molecular complexity index is 845. The quantitative estimate of drug-likeness (QED) is 0.669. The van der Waals surface area contributed by atoms with E-state index in [0.29, 0.717) is 0 Å². The molecule has 0 bridgehead atoms. The Morgan fingerprint density at radius 2 is 1.39 bits per heavy atom. The molecule has 0 spiro atoms. The van der Waals surface area contributed by atoms with Gasteiger partial charge in [-0.1, -0.05) is 71.9 Å². The number of rotatable bonds is 1. The van der Waals surface area contributed by atoms with E-state index in [-0.39, 0.29) is 10.8 Å². The van der Waals surface area contributed by atoms with E-state index in [1.54, 1.807) is 0 Å². The highest BCUT2D eigenvalue weighted by molar-refractivity contribution is 5.92. The first-order valence-electron chi connectivity index (χ1n) is 8.13. The second-order valence-corrected chi connectivity index (χ2v) is 8.23. The van der Waals surface area contributed by atoms with Crippen molar-refractivity contribution < 1.29 is 0 Å². The molecule has 3 nitrogen and oxygen atoms in total. The fraction of sp³-hybridized carbons (Fsp3) is 0.400. The topological polar surface area (TPSA) is 41.6 Å². The summed E-state index contributed by atoms with van der Waals surface area (Å²) in [4.78, 5) is 0. The highest BCUT2D eigenvalue weighted by atomic mass is 15.3. The second-order valence-electron chi connectivity index (χ2n) is 8.23. The number of aromatic amines is 1. The van der Waals surface area contributed by atoms with Crippen LogP contribution >= 0.6 is 0 Å². The lowest BCUT2D eigenvalue weighted by Crippen LogP contribution is -2.23. The van der Waals surface area contributed by atoms with Gasteiger partial charge in [0.05, 0.1) is 0 Å². The number of fused-ring (bicyclic) bond motifs is 1. The van der Waals surface area contributed by atoms with Gasteiger partial charge in [-0.25, -0.2) is 0 Å².